The Morgan fingerprint density at radius 3 is 2.47 bits per heavy atom. The minimum atomic E-state index is -0.570. The van der Waals surface area contributed by atoms with Gasteiger partial charge in [0.05, 0.1) is 12.7 Å². The molecule has 0 aromatic heterocycles. The molecule has 0 atom stereocenters. The fraction of sp³-hybridized carbons (Fsp3) is 0.538. The van der Waals surface area contributed by atoms with Crippen LogP contribution in [0.25, 0.3) is 11.1 Å². The standard InChI is InChI=1S/C26H34F2O2/c1-2-3-4-5-6-16-29-23-13-10-20(11-14-23)19-30-24-9-7-8-21(17-24)25-15-12-22(27)18-26(25)28/h7-9,12,15,17-18,20,23H,2-6,10-11,13-14,16,19H2,1H3. The van der Waals surface area contributed by atoms with Crippen LogP contribution in [0.4, 0.5) is 8.78 Å². The predicted molar refractivity (Wildman–Crippen MR) is 118 cm³/mol. The Morgan fingerprint density at radius 1 is 0.900 bits per heavy atom. The summed E-state index contributed by atoms with van der Waals surface area (Å²) in [7, 11) is 0. The molecular formula is C26H34F2O2. The van der Waals surface area contributed by atoms with Crippen molar-refractivity contribution in [3.63, 3.8) is 0 Å². The normalized spacial score (nSPS) is 19.0. The van der Waals surface area contributed by atoms with Gasteiger partial charge in [-0.1, -0.05) is 44.7 Å². The van der Waals surface area contributed by atoms with E-state index in [0.717, 1.165) is 44.1 Å². The highest BCUT2D eigenvalue weighted by Gasteiger charge is 2.22. The predicted octanol–water partition coefficient (Wildman–Crippen LogP) is 7.56. The zero-order chi connectivity index (χ0) is 21.2. The molecule has 3 rings (SSSR count). The van der Waals surface area contributed by atoms with Crippen molar-refractivity contribution in [2.24, 2.45) is 5.92 Å². The highest BCUT2D eigenvalue weighted by atomic mass is 19.1. The Morgan fingerprint density at radius 2 is 1.70 bits per heavy atom. The van der Waals surface area contributed by atoms with Gasteiger partial charge in [0.1, 0.15) is 17.4 Å². The summed E-state index contributed by atoms with van der Waals surface area (Å²) in [5.74, 6) is 0.123. The fourth-order valence-corrected chi connectivity index (χ4v) is 4.11. The highest BCUT2D eigenvalue weighted by molar-refractivity contribution is 5.65. The molecule has 1 fully saturated rings. The number of ether oxygens (including phenoxy) is 2. The quantitative estimate of drug-likeness (QED) is 0.352. The summed E-state index contributed by atoms with van der Waals surface area (Å²) >= 11 is 0. The summed E-state index contributed by atoms with van der Waals surface area (Å²) < 4.78 is 39.3. The molecule has 30 heavy (non-hydrogen) atoms. The van der Waals surface area contributed by atoms with Gasteiger partial charge >= 0.3 is 0 Å². The third kappa shape index (κ3) is 7.09. The van der Waals surface area contributed by atoms with Crippen LogP contribution in [0.5, 0.6) is 5.75 Å². The molecule has 0 spiro atoms. The van der Waals surface area contributed by atoms with Gasteiger partial charge < -0.3 is 9.47 Å². The van der Waals surface area contributed by atoms with Crippen LogP contribution in [0, 0.1) is 17.6 Å². The Hall–Kier alpha value is -1.94. The van der Waals surface area contributed by atoms with Gasteiger partial charge in [-0.3, -0.25) is 0 Å². The van der Waals surface area contributed by atoms with E-state index in [4.69, 9.17) is 9.47 Å². The maximum atomic E-state index is 14.1. The fourth-order valence-electron chi connectivity index (χ4n) is 4.11. The molecule has 1 saturated carbocycles. The molecule has 4 heteroatoms. The summed E-state index contributed by atoms with van der Waals surface area (Å²) in [4.78, 5) is 0. The van der Waals surface area contributed by atoms with Gasteiger partial charge in [0.2, 0.25) is 0 Å². The topological polar surface area (TPSA) is 18.5 Å². The van der Waals surface area contributed by atoms with E-state index in [1.165, 1.54) is 44.2 Å². The molecule has 0 amide bonds. The van der Waals surface area contributed by atoms with Gasteiger partial charge in [0, 0.05) is 18.2 Å². The zero-order valence-electron chi connectivity index (χ0n) is 18.0. The Labute approximate surface area is 179 Å². The highest BCUT2D eigenvalue weighted by Crippen LogP contribution is 2.29. The molecule has 2 nitrogen and oxygen atoms in total. The van der Waals surface area contributed by atoms with E-state index in [0.29, 0.717) is 29.8 Å². The number of rotatable bonds is 11. The molecule has 1 aliphatic carbocycles. The molecule has 0 unspecified atom stereocenters. The third-order valence-electron chi connectivity index (χ3n) is 5.96. The monoisotopic (exact) mass is 416 g/mol. The van der Waals surface area contributed by atoms with Crippen LogP contribution in [0.1, 0.15) is 64.7 Å². The molecule has 0 saturated heterocycles. The minimum Gasteiger partial charge on any atom is -0.493 e. The van der Waals surface area contributed by atoms with Crippen LogP contribution in [0.3, 0.4) is 0 Å². The third-order valence-corrected chi connectivity index (χ3v) is 5.96. The van der Waals surface area contributed by atoms with Gasteiger partial charge in [-0.05, 0) is 67.9 Å². The second-order valence-corrected chi connectivity index (χ2v) is 8.39. The molecule has 0 bridgehead atoms. The van der Waals surface area contributed by atoms with Gasteiger partial charge in [-0.2, -0.15) is 0 Å². The van der Waals surface area contributed by atoms with Crippen LogP contribution in [-0.4, -0.2) is 19.3 Å². The van der Waals surface area contributed by atoms with E-state index < -0.39 is 11.6 Å². The van der Waals surface area contributed by atoms with Crippen LogP contribution < -0.4 is 4.74 Å². The summed E-state index contributed by atoms with van der Waals surface area (Å²) in [6.07, 6.45) is 11.2. The summed E-state index contributed by atoms with van der Waals surface area (Å²) in [6, 6.07) is 11.0. The average molecular weight is 417 g/mol. The second kappa shape index (κ2) is 12.0. The first-order valence-corrected chi connectivity index (χ1v) is 11.5. The van der Waals surface area contributed by atoms with Gasteiger partial charge in [-0.25, -0.2) is 8.78 Å². The summed E-state index contributed by atoms with van der Waals surface area (Å²) in [6.45, 7) is 3.79. The number of halogens is 2. The van der Waals surface area contributed by atoms with Crippen molar-refractivity contribution < 1.29 is 18.3 Å². The second-order valence-electron chi connectivity index (χ2n) is 8.39. The lowest BCUT2D eigenvalue weighted by Crippen LogP contribution is -2.25. The van der Waals surface area contributed by atoms with Crippen molar-refractivity contribution in [3.05, 3.63) is 54.1 Å². The molecule has 2 aromatic carbocycles. The molecule has 2 aromatic rings. The lowest BCUT2D eigenvalue weighted by molar-refractivity contribution is 0.0111. The Kier molecular flexibility index (Phi) is 9.13. The SMILES string of the molecule is CCCCCCCOC1CCC(COc2cccc(-c3ccc(F)cc3F)c2)CC1. The van der Waals surface area contributed by atoms with Crippen LogP contribution >= 0.6 is 0 Å². The van der Waals surface area contributed by atoms with Crippen LogP contribution in [0.15, 0.2) is 42.5 Å². The lowest BCUT2D eigenvalue weighted by Gasteiger charge is -2.28. The van der Waals surface area contributed by atoms with E-state index in [-0.39, 0.29) is 0 Å². The number of hydrogen-bond donors (Lipinski definition) is 0. The van der Waals surface area contributed by atoms with Crippen molar-refractivity contribution in [3.8, 4) is 16.9 Å². The van der Waals surface area contributed by atoms with Crippen molar-refractivity contribution in [1.29, 1.82) is 0 Å². The smallest absolute Gasteiger partial charge is 0.133 e. The zero-order valence-corrected chi connectivity index (χ0v) is 18.0. The first-order valence-electron chi connectivity index (χ1n) is 11.5. The lowest BCUT2D eigenvalue weighted by atomic mass is 9.88. The first-order chi connectivity index (χ1) is 14.7. The molecule has 164 valence electrons. The number of benzene rings is 2. The van der Waals surface area contributed by atoms with Crippen molar-refractivity contribution >= 4 is 0 Å². The largest absolute Gasteiger partial charge is 0.493 e. The van der Waals surface area contributed by atoms with Crippen molar-refractivity contribution in [1.82, 2.24) is 0 Å². The van der Waals surface area contributed by atoms with Crippen molar-refractivity contribution in [2.75, 3.05) is 13.2 Å². The number of unbranched alkanes of at least 4 members (excludes halogenated alkanes) is 4. The van der Waals surface area contributed by atoms with Gasteiger partial charge in [-0.15, -0.1) is 0 Å². The Balaban J connectivity index is 1.40. The maximum absolute atomic E-state index is 14.1. The minimum absolute atomic E-state index is 0.384. The van der Waals surface area contributed by atoms with E-state index in [1.807, 2.05) is 24.3 Å². The maximum Gasteiger partial charge on any atom is 0.133 e. The van der Waals surface area contributed by atoms with Gasteiger partial charge in [0.15, 0.2) is 0 Å². The molecular weight excluding hydrogens is 382 g/mol. The van der Waals surface area contributed by atoms with Gasteiger partial charge in [0.25, 0.3) is 0 Å². The van der Waals surface area contributed by atoms with E-state index in [2.05, 4.69) is 6.92 Å². The van der Waals surface area contributed by atoms with E-state index in [1.54, 1.807) is 0 Å². The van der Waals surface area contributed by atoms with Crippen LogP contribution in [-0.2, 0) is 4.74 Å². The van der Waals surface area contributed by atoms with E-state index in [9.17, 15) is 8.78 Å². The van der Waals surface area contributed by atoms with Crippen molar-refractivity contribution in [2.45, 2.75) is 70.8 Å². The molecule has 0 aliphatic heterocycles. The summed E-state index contributed by atoms with van der Waals surface area (Å²) in [5, 5.41) is 0. The average Bonchev–Trinajstić information content (AvgIpc) is 2.76. The Bertz CT molecular complexity index is 769. The molecule has 0 N–H and O–H groups in total. The van der Waals surface area contributed by atoms with Crippen LogP contribution in [0.2, 0.25) is 0 Å². The first kappa shape index (κ1) is 22.7. The molecule has 1 aliphatic rings. The van der Waals surface area contributed by atoms with E-state index >= 15 is 0 Å². The number of hydrogen-bond acceptors (Lipinski definition) is 2. The summed E-state index contributed by atoms with van der Waals surface area (Å²) in [5.41, 5.74) is 1.08. The molecule has 0 radical (unpaired) electrons. The molecule has 0 heterocycles.